The van der Waals surface area contributed by atoms with Gasteiger partial charge in [0.25, 0.3) is 0 Å². The Morgan fingerprint density at radius 1 is 1.38 bits per heavy atom. The quantitative estimate of drug-likeness (QED) is 0.834. The van der Waals surface area contributed by atoms with E-state index in [-0.39, 0.29) is 6.03 Å². The molecule has 5 heteroatoms. The molecule has 1 aromatic carbocycles. The molecule has 0 spiro atoms. The fourth-order valence-corrected chi connectivity index (χ4v) is 3.34. The molecule has 0 bridgehead atoms. The molecule has 24 heavy (non-hydrogen) atoms. The van der Waals surface area contributed by atoms with E-state index in [9.17, 15) is 4.79 Å². The van der Waals surface area contributed by atoms with E-state index in [0.717, 1.165) is 38.3 Å². The Kier molecular flexibility index (Phi) is 7.37. The normalized spacial score (nSPS) is 18.2. The Morgan fingerprint density at radius 3 is 2.79 bits per heavy atom. The van der Waals surface area contributed by atoms with Gasteiger partial charge in [0, 0.05) is 33.2 Å². The third-order valence-corrected chi connectivity index (χ3v) is 4.69. The Balaban J connectivity index is 1.76. The molecular weight excluding hydrogens is 302 g/mol. The standard InChI is InChI=1S/C19H31N3O2/c1-4-20-19(23)21(2)14-17-6-5-12-22(15-17)13-11-16-7-9-18(24-3)10-8-16/h7-10,17H,4-6,11-15H2,1-3H3,(H,20,23)/t17-/m1/s1. The fourth-order valence-electron chi connectivity index (χ4n) is 3.34. The summed E-state index contributed by atoms with van der Waals surface area (Å²) < 4.78 is 5.20. The van der Waals surface area contributed by atoms with Crippen molar-refractivity contribution in [2.24, 2.45) is 5.92 Å². The van der Waals surface area contributed by atoms with Crippen LogP contribution < -0.4 is 10.1 Å². The van der Waals surface area contributed by atoms with Crippen molar-refractivity contribution in [3.63, 3.8) is 0 Å². The highest BCUT2D eigenvalue weighted by atomic mass is 16.5. The zero-order chi connectivity index (χ0) is 17.4. The lowest BCUT2D eigenvalue weighted by Crippen LogP contribution is -2.44. The van der Waals surface area contributed by atoms with Gasteiger partial charge in [-0.05, 0) is 56.3 Å². The molecule has 0 radical (unpaired) electrons. The van der Waals surface area contributed by atoms with E-state index in [1.807, 2.05) is 31.0 Å². The maximum atomic E-state index is 11.9. The second-order valence-corrected chi connectivity index (χ2v) is 6.62. The molecule has 1 saturated heterocycles. The van der Waals surface area contributed by atoms with Gasteiger partial charge in [-0.3, -0.25) is 0 Å². The van der Waals surface area contributed by atoms with Crippen molar-refractivity contribution in [3.05, 3.63) is 29.8 Å². The molecule has 0 saturated carbocycles. The lowest BCUT2D eigenvalue weighted by molar-refractivity contribution is 0.146. The summed E-state index contributed by atoms with van der Waals surface area (Å²) in [6.45, 7) is 6.80. The van der Waals surface area contributed by atoms with Crippen LogP contribution in [0.3, 0.4) is 0 Å². The number of benzene rings is 1. The number of carbonyl (C=O) groups excluding carboxylic acids is 1. The third kappa shape index (κ3) is 5.71. The second-order valence-electron chi connectivity index (χ2n) is 6.62. The van der Waals surface area contributed by atoms with Crippen LogP contribution in [-0.4, -0.2) is 62.7 Å². The van der Waals surface area contributed by atoms with Gasteiger partial charge in [0.15, 0.2) is 0 Å². The SMILES string of the molecule is CCNC(=O)N(C)C[C@H]1CCCN(CCc2ccc(OC)cc2)C1. The van der Waals surface area contributed by atoms with E-state index in [0.29, 0.717) is 12.5 Å². The number of hydrogen-bond donors (Lipinski definition) is 1. The minimum absolute atomic E-state index is 0.0351. The summed E-state index contributed by atoms with van der Waals surface area (Å²) in [6, 6.07) is 8.37. The molecule has 0 unspecified atom stereocenters. The van der Waals surface area contributed by atoms with E-state index in [4.69, 9.17) is 4.74 Å². The molecule has 1 atom stereocenters. The third-order valence-electron chi connectivity index (χ3n) is 4.69. The van der Waals surface area contributed by atoms with E-state index < -0.39 is 0 Å². The minimum Gasteiger partial charge on any atom is -0.497 e. The van der Waals surface area contributed by atoms with Gasteiger partial charge in [0.2, 0.25) is 0 Å². The van der Waals surface area contributed by atoms with Gasteiger partial charge in [-0.2, -0.15) is 0 Å². The van der Waals surface area contributed by atoms with Crippen LogP contribution >= 0.6 is 0 Å². The van der Waals surface area contributed by atoms with Crippen molar-refractivity contribution in [2.45, 2.75) is 26.2 Å². The molecule has 5 nitrogen and oxygen atoms in total. The maximum Gasteiger partial charge on any atom is 0.317 e. The van der Waals surface area contributed by atoms with Crippen molar-refractivity contribution >= 4 is 6.03 Å². The topological polar surface area (TPSA) is 44.8 Å². The van der Waals surface area contributed by atoms with E-state index in [1.54, 1.807) is 7.11 Å². The predicted molar refractivity (Wildman–Crippen MR) is 97.6 cm³/mol. The predicted octanol–water partition coefficient (Wildman–Crippen LogP) is 2.61. The number of likely N-dealkylation sites (tertiary alicyclic amines) is 1. The van der Waals surface area contributed by atoms with Gasteiger partial charge in [-0.1, -0.05) is 12.1 Å². The summed E-state index contributed by atoms with van der Waals surface area (Å²) in [5.41, 5.74) is 1.34. The molecule has 1 N–H and O–H groups in total. The van der Waals surface area contributed by atoms with Gasteiger partial charge in [0.05, 0.1) is 7.11 Å². The highest BCUT2D eigenvalue weighted by Gasteiger charge is 2.22. The molecule has 1 heterocycles. The van der Waals surface area contributed by atoms with Crippen LogP contribution in [0.1, 0.15) is 25.3 Å². The van der Waals surface area contributed by atoms with E-state index in [1.165, 1.54) is 18.4 Å². The van der Waals surface area contributed by atoms with Crippen molar-refractivity contribution < 1.29 is 9.53 Å². The molecule has 1 aliphatic rings. The van der Waals surface area contributed by atoms with E-state index in [2.05, 4.69) is 22.3 Å². The van der Waals surface area contributed by atoms with Crippen LogP contribution in [0.4, 0.5) is 4.79 Å². The molecular formula is C19H31N3O2. The van der Waals surface area contributed by atoms with Gasteiger partial charge < -0.3 is 19.9 Å². The number of carbonyl (C=O) groups is 1. The summed E-state index contributed by atoms with van der Waals surface area (Å²) in [5, 5.41) is 2.87. The first-order chi connectivity index (χ1) is 11.6. The average molecular weight is 333 g/mol. The number of methoxy groups -OCH3 is 1. The second kappa shape index (κ2) is 9.52. The zero-order valence-electron chi connectivity index (χ0n) is 15.3. The van der Waals surface area contributed by atoms with Crippen LogP contribution in [0.5, 0.6) is 5.75 Å². The number of rotatable bonds is 7. The number of piperidine rings is 1. The first kappa shape index (κ1) is 18.6. The Labute approximate surface area is 146 Å². The van der Waals surface area contributed by atoms with Crippen LogP contribution in [0.2, 0.25) is 0 Å². The molecule has 2 rings (SSSR count). The lowest BCUT2D eigenvalue weighted by Gasteiger charge is -2.34. The first-order valence-corrected chi connectivity index (χ1v) is 8.96. The maximum absolute atomic E-state index is 11.9. The van der Waals surface area contributed by atoms with Crippen LogP contribution in [0, 0.1) is 5.92 Å². The van der Waals surface area contributed by atoms with Gasteiger partial charge in [0.1, 0.15) is 5.75 Å². The fraction of sp³-hybridized carbons (Fsp3) is 0.632. The first-order valence-electron chi connectivity index (χ1n) is 8.96. The molecule has 1 aliphatic heterocycles. The van der Waals surface area contributed by atoms with Crippen molar-refractivity contribution in [1.29, 1.82) is 0 Å². The number of ether oxygens (including phenoxy) is 1. The smallest absolute Gasteiger partial charge is 0.317 e. The van der Waals surface area contributed by atoms with Crippen molar-refractivity contribution in [2.75, 3.05) is 46.9 Å². The summed E-state index contributed by atoms with van der Waals surface area (Å²) in [4.78, 5) is 16.2. The lowest BCUT2D eigenvalue weighted by atomic mass is 9.97. The van der Waals surface area contributed by atoms with Gasteiger partial charge >= 0.3 is 6.03 Å². The Bertz CT molecular complexity index is 504. The highest BCUT2D eigenvalue weighted by molar-refractivity contribution is 5.73. The number of amides is 2. The monoisotopic (exact) mass is 333 g/mol. The largest absolute Gasteiger partial charge is 0.497 e. The highest BCUT2D eigenvalue weighted by Crippen LogP contribution is 2.18. The summed E-state index contributed by atoms with van der Waals surface area (Å²) in [6.07, 6.45) is 3.49. The number of hydrogen-bond acceptors (Lipinski definition) is 3. The molecule has 0 aliphatic carbocycles. The van der Waals surface area contributed by atoms with Crippen molar-refractivity contribution in [3.8, 4) is 5.75 Å². The van der Waals surface area contributed by atoms with Gasteiger partial charge in [-0.15, -0.1) is 0 Å². The van der Waals surface area contributed by atoms with Crippen molar-refractivity contribution in [1.82, 2.24) is 15.1 Å². The Morgan fingerprint density at radius 2 is 2.12 bits per heavy atom. The molecule has 0 aromatic heterocycles. The van der Waals surface area contributed by atoms with Crippen LogP contribution in [0.25, 0.3) is 0 Å². The molecule has 1 fully saturated rings. The zero-order valence-corrected chi connectivity index (χ0v) is 15.3. The van der Waals surface area contributed by atoms with Crippen LogP contribution in [-0.2, 0) is 6.42 Å². The molecule has 1 aromatic rings. The van der Waals surface area contributed by atoms with Crippen LogP contribution in [0.15, 0.2) is 24.3 Å². The summed E-state index contributed by atoms with van der Waals surface area (Å²) in [7, 11) is 3.59. The number of urea groups is 1. The summed E-state index contributed by atoms with van der Waals surface area (Å²) >= 11 is 0. The Hall–Kier alpha value is -1.75. The average Bonchev–Trinajstić information content (AvgIpc) is 2.61. The minimum atomic E-state index is 0.0351. The molecule has 2 amide bonds. The van der Waals surface area contributed by atoms with E-state index >= 15 is 0 Å². The van der Waals surface area contributed by atoms with Gasteiger partial charge in [-0.25, -0.2) is 4.79 Å². The number of nitrogens with zero attached hydrogens (tertiary/aromatic N) is 2. The molecule has 134 valence electrons. The summed E-state index contributed by atoms with van der Waals surface area (Å²) in [5.74, 6) is 1.48. The number of nitrogens with one attached hydrogen (secondary N) is 1.